The predicted molar refractivity (Wildman–Crippen MR) is 88.3 cm³/mol. The Morgan fingerprint density at radius 1 is 1.10 bits per heavy atom. The molecule has 0 aliphatic heterocycles. The highest BCUT2D eigenvalue weighted by atomic mass is 15.1. The zero-order valence-electron chi connectivity index (χ0n) is 13.4. The van der Waals surface area contributed by atoms with Crippen LogP contribution in [0.25, 0.3) is 0 Å². The summed E-state index contributed by atoms with van der Waals surface area (Å²) >= 11 is 0. The molecule has 1 N–H and O–H groups in total. The van der Waals surface area contributed by atoms with Gasteiger partial charge in [0.05, 0.1) is 0 Å². The van der Waals surface area contributed by atoms with Crippen LogP contribution < -0.4 is 10.2 Å². The molecule has 0 heterocycles. The van der Waals surface area contributed by atoms with Gasteiger partial charge in [-0.3, -0.25) is 0 Å². The fourth-order valence-electron chi connectivity index (χ4n) is 3.03. The lowest BCUT2D eigenvalue weighted by Crippen LogP contribution is -2.33. The van der Waals surface area contributed by atoms with Crippen molar-refractivity contribution in [2.75, 3.05) is 18.5 Å². The molecule has 1 fully saturated rings. The number of anilines is 1. The second-order valence-electron chi connectivity index (χ2n) is 6.59. The molecule has 1 saturated carbocycles. The molecule has 1 aliphatic carbocycles. The van der Waals surface area contributed by atoms with E-state index in [0.717, 1.165) is 19.1 Å². The van der Waals surface area contributed by atoms with Crippen molar-refractivity contribution in [2.24, 2.45) is 5.92 Å². The summed E-state index contributed by atoms with van der Waals surface area (Å²) in [4.78, 5) is 2.48. The molecule has 0 unspecified atom stereocenters. The molecule has 0 bridgehead atoms. The molecule has 2 rings (SSSR count). The Morgan fingerprint density at radius 3 is 2.35 bits per heavy atom. The van der Waals surface area contributed by atoms with E-state index in [4.69, 9.17) is 0 Å². The van der Waals surface area contributed by atoms with Crippen LogP contribution in [0.2, 0.25) is 0 Å². The molecular weight excluding hydrogens is 244 g/mol. The molecular formula is C18H30N2. The third-order valence-electron chi connectivity index (χ3n) is 4.35. The van der Waals surface area contributed by atoms with E-state index in [1.54, 1.807) is 0 Å². The van der Waals surface area contributed by atoms with E-state index in [1.807, 2.05) is 0 Å². The smallest absolute Gasteiger partial charge is 0.0366 e. The Hall–Kier alpha value is -1.02. The van der Waals surface area contributed by atoms with Gasteiger partial charge in [-0.25, -0.2) is 0 Å². The van der Waals surface area contributed by atoms with Crippen molar-refractivity contribution in [3.8, 4) is 0 Å². The molecule has 1 aromatic rings. The van der Waals surface area contributed by atoms with Gasteiger partial charge in [0.25, 0.3) is 0 Å². The molecule has 0 amide bonds. The van der Waals surface area contributed by atoms with Crippen molar-refractivity contribution in [1.82, 2.24) is 5.32 Å². The normalized spacial score (nSPS) is 16.6. The monoisotopic (exact) mass is 274 g/mol. The Kier molecular flexibility index (Phi) is 5.90. The SMILES string of the molecule is CC(C)CNCc1ccc(N(C)C2CCCCC2)cc1. The summed E-state index contributed by atoms with van der Waals surface area (Å²) in [5.74, 6) is 0.715. The van der Waals surface area contributed by atoms with Gasteiger partial charge in [-0.15, -0.1) is 0 Å². The fourth-order valence-corrected chi connectivity index (χ4v) is 3.03. The van der Waals surface area contributed by atoms with E-state index in [1.165, 1.54) is 43.4 Å². The first-order valence-corrected chi connectivity index (χ1v) is 8.19. The van der Waals surface area contributed by atoms with Crippen LogP contribution in [0.3, 0.4) is 0 Å². The van der Waals surface area contributed by atoms with Gasteiger partial charge in [-0.2, -0.15) is 0 Å². The number of hydrogen-bond acceptors (Lipinski definition) is 2. The van der Waals surface area contributed by atoms with Crippen LogP contribution in [0.1, 0.15) is 51.5 Å². The highest BCUT2D eigenvalue weighted by Crippen LogP contribution is 2.26. The Bertz CT molecular complexity index is 377. The maximum atomic E-state index is 3.50. The average Bonchev–Trinajstić information content (AvgIpc) is 2.48. The summed E-state index contributed by atoms with van der Waals surface area (Å²) in [6.45, 7) is 6.56. The minimum atomic E-state index is 0.715. The third-order valence-corrected chi connectivity index (χ3v) is 4.35. The van der Waals surface area contributed by atoms with Gasteiger partial charge in [0.15, 0.2) is 0 Å². The summed E-state index contributed by atoms with van der Waals surface area (Å²) in [6.07, 6.45) is 6.92. The molecule has 2 heteroatoms. The van der Waals surface area contributed by atoms with Crippen molar-refractivity contribution < 1.29 is 0 Å². The van der Waals surface area contributed by atoms with Gasteiger partial charge in [-0.1, -0.05) is 45.2 Å². The molecule has 0 saturated heterocycles. The first-order valence-electron chi connectivity index (χ1n) is 8.19. The van der Waals surface area contributed by atoms with Crippen molar-refractivity contribution >= 4 is 5.69 Å². The van der Waals surface area contributed by atoms with Crippen LogP contribution in [0.4, 0.5) is 5.69 Å². The van der Waals surface area contributed by atoms with Gasteiger partial charge in [0, 0.05) is 25.3 Å². The van der Waals surface area contributed by atoms with Gasteiger partial charge >= 0.3 is 0 Å². The highest BCUT2D eigenvalue weighted by molar-refractivity contribution is 5.47. The van der Waals surface area contributed by atoms with Gasteiger partial charge in [0.2, 0.25) is 0 Å². The number of benzene rings is 1. The van der Waals surface area contributed by atoms with Crippen molar-refractivity contribution in [3.63, 3.8) is 0 Å². The average molecular weight is 274 g/mol. The van der Waals surface area contributed by atoms with Crippen LogP contribution in [0.15, 0.2) is 24.3 Å². The largest absolute Gasteiger partial charge is 0.372 e. The van der Waals surface area contributed by atoms with Gasteiger partial charge in [-0.05, 0) is 43.0 Å². The zero-order valence-corrected chi connectivity index (χ0v) is 13.4. The minimum Gasteiger partial charge on any atom is -0.372 e. The molecule has 20 heavy (non-hydrogen) atoms. The van der Waals surface area contributed by atoms with Crippen molar-refractivity contribution in [3.05, 3.63) is 29.8 Å². The summed E-state index contributed by atoms with van der Waals surface area (Å²) < 4.78 is 0. The van der Waals surface area contributed by atoms with Crippen LogP contribution in [-0.2, 0) is 6.54 Å². The van der Waals surface area contributed by atoms with Crippen LogP contribution >= 0.6 is 0 Å². The van der Waals surface area contributed by atoms with E-state index in [2.05, 4.69) is 55.4 Å². The maximum Gasteiger partial charge on any atom is 0.0366 e. The standard InChI is InChI=1S/C18H30N2/c1-15(2)13-19-14-16-9-11-18(12-10-16)20(3)17-7-5-4-6-8-17/h9-12,15,17,19H,4-8,13-14H2,1-3H3. The first-order chi connectivity index (χ1) is 9.66. The highest BCUT2D eigenvalue weighted by Gasteiger charge is 2.18. The predicted octanol–water partition coefficient (Wildman–Crippen LogP) is 4.20. The van der Waals surface area contributed by atoms with Gasteiger partial charge in [0.1, 0.15) is 0 Å². The topological polar surface area (TPSA) is 15.3 Å². The molecule has 0 radical (unpaired) electrons. The summed E-state index contributed by atoms with van der Waals surface area (Å²) in [5.41, 5.74) is 2.75. The van der Waals surface area contributed by atoms with Crippen LogP contribution in [0.5, 0.6) is 0 Å². The molecule has 0 atom stereocenters. The summed E-state index contributed by atoms with van der Waals surface area (Å²) in [7, 11) is 2.25. The molecule has 0 aromatic heterocycles. The number of rotatable bonds is 6. The molecule has 2 nitrogen and oxygen atoms in total. The Balaban J connectivity index is 1.86. The zero-order chi connectivity index (χ0) is 14.4. The van der Waals surface area contributed by atoms with Gasteiger partial charge < -0.3 is 10.2 Å². The maximum absolute atomic E-state index is 3.50. The first kappa shape index (κ1) is 15.4. The summed E-state index contributed by atoms with van der Waals surface area (Å²) in [5, 5.41) is 3.50. The molecule has 0 spiro atoms. The lowest BCUT2D eigenvalue weighted by molar-refractivity contribution is 0.427. The summed E-state index contributed by atoms with van der Waals surface area (Å²) in [6, 6.07) is 9.83. The lowest BCUT2D eigenvalue weighted by atomic mass is 9.94. The molecule has 1 aliphatic rings. The second kappa shape index (κ2) is 7.68. The number of nitrogens with one attached hydrogen (secondary N) is 1. The lowest BCUT2D eigenvalue weighted by Gasteiger charge is -2.33. The van der Waals surface area contributed by atoms with Crippen molar-refractivity contribution in [1.29, 1.82) is 0 Å². The van der Waals surface area contributed by atoms with E-state index >= 15 is 0 Å². The van der Waals surface area contributed by atoms with Crippen LogP contribution in [0, 0.1) is 5.92 Å². The Morgan fingerprint density at radius 2 is 1.75 bits per heavy atom. The second-order valence-corrected chi connectivity index (χ2v) is 6.59. The van der Waals surface area contributed by atoms with E-state index in [0.29, 0.717) is 5.92 Å². The van der Waals surface area contributed by atoms with Crippen molar-refractivity contribution in [2.45, 2.75) is 58.5 Å². The fraction of sp³-hybridized carbons (Fsp3) is 0.667. The number of hydrogen-bond donors (Lipinski definition) is 1. The quantitative estimate of drug-likeness (QED) is 0.836. The molecule has 1 aromatic carbocycles. The van der Waals surface area contributed by atoms with E-state index in [-0.39, 0.29) is 0 Å². The van der Waals surface area contributed by atoms with E-state index < -0.39 is 0 Å². The number of nitrogens with zero attached hydrogens (tertiary/aromatic N) is 1. The third kappa shape index (κ3) is 4.52. The van der Waals surface area contributed by atoms with E-state index in [9.17, 15) is 0 Å². The minimum absolute atomic E-state index is 0.715. The van der Waals surface area contributed by atoms with Crippen LogP contribution in [-0.4, -0.2) is 19.6 Å². The molecule has 112 valence electrons. The Labute approximate surface area is 124 Å².